The lowest BCUT2D eigenvalue weighted by atomic mass is 10.0. The standard InChI is InChI=1S/C28H39F2N3O4/c1-5-7-32(8-6-2)27(36)21-9-18(3)10-22(14-21)28(37)33(16-19(4)34)17-26(35)25(31)13-20-11-23(29)15-24(30)12-20/h9-12,14-15,19,25-26,34-35H,5-8,13,16-17,31H2,1-4H3/t19-,25+,26-/m1/s1. The van der Waals surface area contributed by atoms with Gasteiger partial charge < -0.3 is 25.7 Å². The van der Waals surface area contributed by atoms with Gasteiger partial charge in [0.2, 0.25) is 0 Å². The third-order valence-corrected chi connectivity index (χ3v) is 5.91. The molecule has 204 valence electrons. The van der Waals surface area contributed by atoms with Crippen molar-refractivity contribution in [3.8, 4) is 0 Å². The predicted octanol–water partition coefficient (Wildman–Crippen LogP) is 3.29. The number of nitrogens with zero attached hydrogens (tertiary/aromatic N) is 2. The highest BCUT2D eigenvalue weighted by Crippen LogP contribution is 2.17. The van der Waals surface area contributed by atoms with Gasteiger partial charge in [-0.2, -0.15) is 0 Å². The minimum Gasteiger partial charge on any atom is -0.392 e. The number of nitrogens with two attached hydrogens (primary N) is 1. The van der Waals surface area contributed by atoms with E-state index in [0.717, 1.165) is 36.6 Å². The SMILES string of the molecule is CCCN(CCC)C(=O)c1cc(C)cc(C(=O)N(C[C@@H](O)[C@@H](N)Cc2cc(F)cc(F)c2)C[C@@H](C)O)c1. The Morgan fingerprint density at radius 3 is 1.86 bits per heavy atom. The van der Waals surface area contributed by atoms with E-state index in [-0.39, 0.29) is 36.5 Å². The van der Waals surface area contributed by atoms with Gasteiger partial charge in [-0.15, -0.1) is 0 Å². The summed E-state index contributed by atoms with van der Waals surface area (Å²) in [6, 6.07) is 7.03. The van der Waals surface area contributed by atoms with Crippen molar-refractivity contribution < 1.29 is 28.6 Å². The van der Waals surface area contributed by atoms with Gasteiger partial charge in [0, 0.05) is 49.4 Å². The molecule has 0 saturated heterocycles. The minimum absolute atomic E-state index is 0.0135. The van der Waals surface area contributed by atoms with Gasteiger partial charge in [0.25, 0.3) is 11.8 Å². The van der Waals surface area contributed by atoms with Crippen LogP contribution in [0.15, 0.2) is 36.4 Å². The third kappa shape index (κ3) is 9.18. The van der Waals surface area contributed by atoms with Crippen LogP contribution in [-0.2, 0) is 6.42 Å². The van der Waals surface area contributed by atoms with Crippen molar-refractivity contribution >= 4 is 11.8 Å². The Kier molecular flexibility index (Phi) is 11.6. The van der Waals surface area contributed by atoms with Crippen LogP contribution >= 0.6 is 0 Å². The summed E-state index contributed by atoms with van der Waals surface area (Å²) in [7, 11) is 0. The van der Waals surface area contributed by atoms with Crippen LogP contribution in [0.5, 0.6) is 0 Å². The maximum atomic E-state index is 13.5. The second-order valence-electron chi connectivity index (χ2n) is 9.65. The molecule has 0 heterocycles. The number of hydrogen-bond acceptors (Lipinski definition) is 5. The summed E-state index contributed by atoms with van der Waals surface area (Å²) in [4.78, 5) is 29.6. The molecule has 37 heavy (non-hydrogen) atoms. The molecule has 0 bridgehead atoms. The van der Waals surface area contributed by atoms with Gasteiger partial charge >= 0.3 is 0 Å². The molecule has 0 radical (unpaired) electrons. The predicted molar refractivity (Wildman–Crippen MR) is 139 cm³/mol. The molecule has 2 aromatic carbocycles. The largest absolute Gasteiger partial charge is 0.392 e. The van der Waals surface area contributed by atoms with Gasteiger partial charge in [0.15, 0.2) is 0 Å². The van der Waals surface area contributed by atoms with Crippen LogP contribution in [0, 0.1) is 18.6 Å². The summed E-state index contributed by atoms with van der Waals surface area (Å²) in [5.41, 5.74) is 7.76. The zero-order valence-electron chi connectivity index (χ0n) is 22.1. The molecule has 4 N–H and O–H groups in total. The smallest absolute Gasteiger partial charge is 0.254 e. The van der Waals surface area contributed by atoms with E-state index in [1.165, 1.54) is 17.9 Å². The number of rotatable bonds is 13. The lowest BCUT2D eigenvalue weighted by Gasteiger charge is -2.29. The number of benzene rings is 2. The van der Waals surface area contributed by atoms with Crippen molar-refractivity contribution in [3.05, 3.63) is 70.3 Å². The van der Waals surface area contributed by atoms with Crippen LogP contribution in [-0.4, -0.2) is 76.3 Å². The van der Waals surface area contributed by atoms with Crippen molar-refractivity contribution in [3.63, 3.8) is 0 Å². The third-order valence-electron chi connectivity index (χ3n) is 5.91. The first-order chi connectivity index (χ1) is 17.4. The number of aliphatic hydroxyl groups excluding tert-OH is 2. The van der Waals surface area contributed by atoms with Gasteiger partial charge in [-0.25, -0.2) is 8.78 Å². The van der Waals surface area contributed by atoms with E-state index in [1.807, 2.05) is 13.8 Å². The fourth-order valence-corrected chi connectivity index (χ4v) is 4.31. The van der Waals surface area contributed by atoms with Gasteiger partial charge in [-0.05, 0) is 74.6 Å². The second kappa shape index (κ2) is 14.2. The molecular formula is C28H39F2N3O4. The molecule has 0 spiro atoms. The average molecular weight is 520 g/mol. The van der Waals surface area contributed by atoms with Crippen molar-refractivity contribution in [2.24, 2.45) is 5.73 Å². The summed E-state index contributed by atoms with van der Waals surface area (Å²) >= 11 is 0. The molecule has 3 atom stereocenters. The molecule has 0 aromatic heterocycles. The quantitative estimate of drug-likeness (QED) is 0.377. The summed E-state index contributed by atoms with van der Waals surface area (Å²) in [6.07, 6.45) is -0.511. The molecule has 0 saturated carbocycles. The van der Waals surface area contributed by atoms with Crippen molar-refractivity contribution in [1.29, 1.82) is 0 Å². The Morgan fingerprint density at radius 2 is 1.38 bits per heavy atom. The maximum Gasteiger partial charge on any atom is 0.254 e. The van der Waals surface area contributed by atoms with Gasteiger partial charge in [-0.3, -0.25) is 9.59 Å². The minimum atomic E-state index is -1.23. The van der Waals surface area contributed by atoms with Crippen LogP contribution in [0.1, 0.15) is 65.5 Å². The van der Waals surface area contributed by atoms with Crippen LogP contribution in [0.25, 0.3) is 0 Å². The number of carbonyl (C=O) groups is 2. The summed E-state index contributed by atoms with van der Waals surface area (Å²) < 4.78 is 27.1. The number of hydrogen-bond donors (Lipinski definition) is 3. The highest BCUT2D eigenvalue weighted by molar-refractivity contribution is 6.00. The molecule has 0 aliphatic rings. The van der Waals surface area contributed by atoms with Crippen molar-refractivity contribution in [2.45, 2.75) is 65.2 Å². The number of halogens is 2. The lowest BCUT2D eigenvalue weighted by Crippen LogP contribution is -2.48. The number of aliphatic hydroxyl groups is 2. The Bertz CT molecular complexity index is 1040. The monoisotopic (exact) mass is 519 g/mol. The zero-order valence-corrected chi connectivity index (χ0v) is 22.1. The lowest BCUT2D eigenvalue weighted by molar-refractivity contribution is 0.0441. The average Bonchev–Trinajstić information content (AvgIpc) is 2.81. The zero-order chi connectivity index (χ0) is 27.7. The Hall–Kier alpha value is -2.88. The number of amides is 2. The first-order valence-electron chi connectivity index (χ1n) is 12.7. The van der Waals surface area contributed by atoms with E-state index < -0.39 is 35.8 Å². The fourth-order valence-electron chi connectivity index (χ4n) is 4.31. The molecule has 2 rings (SSSR count). The molecule has 0 unspecified atom stereocenters. The van der Waals surface area contributed by atoms with Crippen LogP contribution in [0.2, 0.25) is 0 Å². The molecule has 7 nitrogen and oxygen atoms in total. The maximum absolute atomic E-state index is 13.5. The van der Waals surface area contributed by atoms with Crippen molar-refractivity contribution in [2.75, 3.05) is 26.2 Å². The van der Waals surface area contributed by atoms with Gasteiger partial charge in [0.1, 0.15) is 11.6 Å². The van der Waals surface area contributed by atoms with Gasteiger partial charge in [-0.1, -0.05) is 13.8 Å². The van der Waals surface area contributed by atoms with E-state index in [4.69, 9.17) is 5.73 Å². The first kappa shape index (κ1) is 30.3. The van der Waals surface area contributed by atoms with E-state index in [1.54, 1.807) is 24.0 Å². The molecular weight excluding hydrogens is 480 g/mol. The molecule has 0 aliphatic carbocycles. The van der Waals surface area contributed by atoms with Gasteiger partial charge in [0.05, 0.1) is 12.2 Å². The molecule has 9 heteroatoms. The fraction of sp³-hybridized carbons (Fsp3) is 0.500. The molecule has 0 fully saturated rings. The van der Waals surface area contributed by atoms with Crippen LogP contribution < -0.4 is 5.73 Å². The molecule has 2 aromatic rings. The van der Waals surface area contributed by atoms with Crippen LogP contribution in [0.4, 0.5) is 8.78 Å². The van der Waals surface area contributed by atoms with Crippen LogP contribution in [0.3, 0.4) is 0 Å². The first-order valence-corrected chi connectivity index (χ1v) is 12.7. The van der Waals surface area contributed by atoms with Crippen molar-refractivity contribution in [1.82, 2.24) is 9.80 Å². The Balaban J connectivity index is 2.25. The van der Waals surface area contributed by atoms with E-state index in [9.17, 15) is 28.6 Å². The molecule has 2 amide bonds. The number of carbonyl (C=O) groups excluding carboxylic acids is 2. The highest BCUT2D eigenvalue weighted by Gasteiger charge is 2.26. The normalized spacial score (nSPS) is 13.6. The number of aryl methyl sites for hydroxylation is 1. The topological polar surface area (TPSA) is 107 Å². The highest BCUT2D eigenvalue weighted by atomic mass is 19.1. The van der Waals surface area contributed by atoms with E-state index >= 15 is 0 Å². The van der Waals surface area contributed by atoms with E-state index in [0.29, 0.717) is 18.7 Å². The molecule has 0 aliphatic heterocycles. The summed E-state index contributed by atoms with van der Waals surface area (Å²) in [6.45, 7) is 8.23. The Labute approximate surface area is 217 Å². The second-order valence-corrected chi connectivity index (χ2v) is 9.65. The summed E-state index contributed by atoms with van der Waals surface area (Å²) in [5.74, 6) is -2.13. The van der Waals surface area contributed by atoms with E-state index in [2.05, 4.69) is 0 Å². The Morgan fingerprint density at radius 1 is 0.865 bits per heavy atom. The summed E-state index contributed by atoms with van der Waals surface area (Å²) in [5, 5.41) is 20.7.